The Morgan fingerprint density at radius 1 is 0.600 bits per heavy atom. The molecule has 0 aliphatic rings. The quantitative estimate of drug-likeness (QED) is 0.165. The molecule has 2 N–H and O–H groups in total. The summed E-state index contributed by atoms with van der Waals surface area (Å²) in [5.41, 5.74) is 5.45. The Morgan fingerprint density at radius 3 is 1.44 bits per heavy atom. The molecule has 0 unspecified atom stereocenters. The van der Waals surface area contributed by atoms with Gasteiger partial charge >= 0.3 is 0 Å². The zero-order chi connectivity index (χ0) is 31.6. The number of nitrogens with zero attached hydrogens (tertiary/aromatic N) is 2. The van der Waals surface area contributed by atoms with E-state index in [0.717, 1.165) is 53.3 Å². The molecular weight excluding hydrogens is 692 g/mol. The molecule has 8 heteroatoms. The summed E-state index contributed by atoms with van der Waals surface area (Å²) >= 11 is 7.06. The van der Waals surface area contributed by atoms with Crippen molar-refractivity contribution in [1.82, 2.24) is 20.6 Å². The normalized spacial score (nSPS) is 11.5. The Balaban J connectivity index is 1.19. The first-order chi connectivity index (χ1) is 21.7. The second-order valence-electron chi connectivity index (χ2n) is 11.7. The van der Waals surface area contributed by atoms with Gasteiger partial charge in [0, 0.05) is 43.9 Å². The third-order valence-corrected chi connectivity index (χ3v) is 8.60. The van der Waals surface area contributed by atoms with Gasteiger partial charge in [-0.1, -0.05) is 106 Å². The highest BCUT2D eigenvalue weighted by Gasteiger charge is 2.23. The summed E-state index contributed by atoms with van der Waals surface area (Å²) in [7, 11) is 0. The van der Waals surface area contributed by atoms with Crippen LogP contribution >= 0.6 is 31.9 Å². The van der Waals surface area contributed by atoms with Gasteiger partial charge in [-0.05, 0) is 53.9 Å². The average Bonchev–Trinajstić information content (AvgIpc) is 3.05. The van der Waals surface area contributed by atoms with Gasteiger partial charge in [-0.2, -0.15) is 0 Å². The lowest BCUT2D eigenvalue weighted by molar-refractivity contribution is 0.0921. The monoisotopic (exact) mass is 720 g/mol. The zero-order valence-electron chi connectivity index (χ0n) is 24.8. The molecule has 2 heterocycles. The van der Waals surface area contributed by atoms with E-state index < -0.39 is 5.41 Å². The Morgan fingerprint density at radius 2 is 1.02 bits per heavy atom. The van der Waals surface area contributed by atoms with Crippen molar-refractivity contribution in [3.05, 3.63) is 129 Å². The highest BCUT2D eigenvalue weighted by atomic mass is 79.9. The van der Waals surface area contributed by atoms with E-state index in [1.165, 1.54) is 0 Å². The number of carbonyl (C=O) groups is 2. The minimum absolute atomic E-state index is 0.192. The molecule has 6 aromatic rings. The molecule has 224 valence electrons. The van der Waals surface area contributed by atoms with Crippen LogP contribution in [0.4, 0.5) is 0 Å². The number of nitrogens with one attached hydrogen (secondary N) is 2. The van der Waals surface area contributed by atoms with Crippen LogP contribution in [0.5, 0.6) is 0 Å². The number of halogens is 2. The first-order valence-electron chi connectivity index (χ1n) is 14.5. The summed E-state index contributed by atoms with van der Waals surface area (Å²) in [4.78, 5) is 36.8. The summed E-state index contributed by atoms with van der Waals surface area (Å²) in [6.45, 7) is 4.75. The van der Waals surface area contributed by atoms with Gasteiger partial charge in [0.2, 0.25) is 0 Å². The van der Waals surface area contributed by atoms with Crippen molar-refractivity contribution in [2.45, 2.75) is 13.8 Å². The first-order valence-corrected chi connectivity index (χ1v) is 16.1. The van der Waals surface area contributed by atoms with Gasteiger partial charge in [0.15, 0.2) is 0 Å². The Kier molecular flexibility index (Phi) is 8.79. The number of fused-ring (bicyclic) bond motifs is 2. The molecule has 6 rings (SSSR count). The van der Waals surface area contributed by atoms with Gasteiger partial charge in [0.1, 0.15) is 0 Å². The Labute approximate surface area is 278 Å². The number of aromatic nitrogens is 2. The summed E-state index contributed by atoms with van der Waals surface area (Å²) in [5.74, 6) is -0.383. The molecule has 0 radical (unpaired) electrons. The molecular formula is C37H30Br2N4O2. The summed E-state index contributed by atoms with van der Waals surface area (Å²) in [6, 6.07) is 34.7. The van der Waals surface area contributed by atoms with E-state index >= 15 is 0 Å². The van der Waals surface area contributed by atoms with Crippen molar-refractivity contribution in [3.8, 4) is 22.5 Å². The molecule has 6 nitrogen and oxygen atoms in total. The molecule has 45 heavy (non-hydrogen) atoms. The van der Waals surface area contributed by atoms with Crippen LogP contribution in [-0.2, 0) is 0 Å². The third kappa shape index (κ3) is 6.97. The van der Waals surface area contributed by atoms with Gasteiger partial charge in [-0.3, -0.25) is 9.59 Å². The number of para-hydroxylation sites is 2. The van der Waals surface area contributed by atoms with Gasteiger partial charge in [0.25, 0.3) is 11.8 Å². The second kappa shape index (κ2) is 12.9. The number of pyridine rings is 2. The zero-order valence-corrected chi connectivity index (χ0v) is 27.9. The summed E-state index contributed by atoms with van der Waals surface area (Å²) < 4.78 is 1.88. The maximum Gasteiger partial charge on any atom is 0.252 e. The predicted molar refractivity (Wildman–Crippen MR) is 188 cm³/mol. The largest absolute Gasteiger partial charge is 0.351 e. The smallest absolute Gasteiger partial charge is 0.252 e. The van der Waals surface area contributed by atoms with Crippen molar-refractivity contribution in [3.63, 3.8) is 0 Å². The molecule has 4 aromatic carbocycles. The van der Waals surface area contributed by atoms with Crippen LogP contribution < -0.4 is 10.6 Å². The lowest BCUT2D eigenvalue weighted by atomic mass is 9.92. The van der Waals surface area contributed by atoms with Crippen molar-refractivity contribution in [2.75, 3.05) is 13.1 Å². The molecule has 0 aliphatic carbocycles. The molecule has 0 bridgehead atoms. The maximum atomic E-state index is 13.6. The SMILES string of the molecule is CC(C)(CNC(=O)c1cc(-c2cccc(Br)c2)nc2ccccc12)CNC(=O)c1cc(-c2cccc(Br)c2)nc2ccccc12. The van der Waals surface area contributed by atoms with Crippen LogP contribution in [0.3, 0.4) is 0 Å². The van der Waals surface area contributed by atoms with E-state index in [2.05, 4.69) is 42.5 Å². The summed E-state index contributed by atoms with van der Waals surface area (Å²) in [5, 5.41) is 7.78. The highest BCUT2D eigenvalue weighted by Crippen LogP contribution is 2.29. The van der Waals surface area contributed by atoms with Crippen molar-refractivity contribution >= 4 is 65.5 Å². The molecule has 2 aromatic heterocycles. The predicted octanol–water partition coefficient (Wildman–Crippen LogP) is 8.83. The van der Waals surface area contributed by atoms with Gasteiger partial charge in [-0.15, -0.1) is 0 Å². The number of carbonyl (C=O) groups excluding carboxylic acids is 2. The molecule has 0 fully saturated rings. The van der Waals surface area contributed by atoms with Crippen molar-refractivity contribution < 1.29 is 9.59 Å². The molecule has 2 amide bonds. The number of amides is 2. The van der Waals surface area contributed by atoms with E-state index in [9.17, 15) is 9.59 Å². The fourth-order valence-corrected chi connectivity index (χ4v) is 6.01. The van der Waals surface area contributed by atoms with Crippen LogP contribution in [0.1, 0.15) is 34.6 Å². The minimum Gasteiger partial charge on any atom is -0.351 e. The van der Waals surface area contributed by atoms with Crippen molar-refractivity contribution in [2.24, 2.45) is 5.41 Å². The highest BCUT2D eigenvalue weighted by molar-refractivity contribution is 9.10. The number of benzene rings is 4. The number of rotatable bonds is 8. The van der Waals surface area contributed by atoms with Gasteiger partial charge < -0.3 is 10.6 Å². The topological polar surface area (TPSA) is 84.0 Å². The fourth-order valence-electron chi connectivity index (χ4n) is 5.21. The van der Waals surface area contributed by atoms with Crippen LogP contribution in [0, 0.1) is 5.41 Å². The van der Waals surface area contributed by atoms with E-state index in [1.54, 1.807) is 0 Å². The minimum atomic E-state index is -0.433. The fraction of sp³-hybridized carbons (Fsp3) is 0.135. The van der Waals surface area contributed by atoms with Crippen LogP contribution in [0.25, 0.3) is 44.3 Å². The van der Waals surface area contributed by atoms with E-state index in [0.29, 0.717) is 24.2 Å². The van der Waals surface area contributed by atoms with Crippen LogP contribution in [0.15, 0.2) is 118 Å². The van der Waals surface area contributed by atoms with E-state index in [-0.39, 0.29) is 11.8 Å². The van der Waals surface area contributed by atoms with Gasteiger partial charge in [-0.25, -0.2) is 9.97 Å². The van der Waals surface area contributed by atoms with Crippen LogP contribution in [0.2, 0.25) is 0 Å². The molecule has 0 spiro atoms. The lowest BCUT2D eigenvalue weighted by Crippen LogP contribution is -2.42. The Bertz CT molecular complexity index is 1930. The lowest BCUT2D eigenvalue weighted by Gasteiger charge is -2.26. The van der Waals surface area contributed by atoms with Crippen LogP contribution in [-0.4, -0.2) is 34.9 Å². The number of hydrogen-bond acceptors (Lipinski definition) is 4. The van der Waals surface area contributed by atoms with E-state index in [1.807, 2.05) is 123 Å². The molecule has 0 saturated carbocycles. The molecule has 0 atom stereocenters. The molecule has 0 aliphatic heterocycles. The standard InChI is InChI=1S/C37H30Br2N4O2/c1-37(2,21-40-35(44)29-19-33(23-9-7-11-25(38)17-23)42-31-15-5-3-13-27(29)31)22-41-36(45)30-20-34(24-10-8-12-26(39)18-24)43-32-16-6-4-14-28(30)32/h3-20H,21-22H2,1-2H3,(H,40,44)(H,41,45). The van der Waals surface area contributed by atoms with E-state index in [4.69, 9.17) is 9.97 Å². The Hall–Kier alpha value is -4.40. The maximum absolute atomic E-state index is 13.6. The van der Waals surface area contributed by atoms with Gasteiger partial charge in [0.05, 0.1) is 33.5 Å². The molecule has 0 saturated heterocycles. The van der Waals surface area contributed by atoms with Crippen molar-refractivity contribution in [1.29, 1.82) is 0 Å². The number of hydrogen-bond donors (Lipinski definition) is 2. The average molecular weight is 722 g/mol. The third-order valence-electron chi connectivity index (χ3n) is 7.62. The summed E-state index contributed by atoms with van der Waals surface area (Å²) in [6.07, 6.45) is 0. The first kappa shape index (κ1) is 30.6. The second-order valence-corrected chi connectivity index (χ2v) is 13.5.